The van der Waals surface area contributed by atoms with Crippen LogP contribution in [-0.2, 0) is 14.3 Å². The summed E-state index contributed by atoms with van der Waals surface area (Å²) in [5, 5.41) is 11.7. The number of carbonyl (C=O) groups is 2. The molecule has 25 heavy (non-hydrogen) atoms. The number of esters is 1. The standard InChI is InChI=1S/C18H15ClN2O4/c1-12(25-14-8-6-13(10-20)7-9-14)18(23)24-11-17(22)21-16-5-3-2-4-15(16)19/h2-9,12H,11H2,1H3,(H,21,22)/t12-/m1/s1. The molecule has 1 atom stereocenters. The first-order valence-electron chi connectivity index (χ1n) is 7.37. The molecular weight excluding hydrogens is 344 g/mol. The fourth-order valence-electron chi connectivity index (χ4n) is 1.86. The minimum Gasteiger partial charge on any atom is -0.479 e. The quantitative estimate of drug-likeness (QED) is 0.801. The van der Waals surface area contributed by atoms with Crippen molar-refractivity contribution >= 4 is 29.2 Å². The summed E-state index contributed by atoms with van der Waals surface area (Å²) >= 11 is 5.93. The van der Waals surface area contributed by atoms with Gasteiger partial charge in [-0.15, -0.1) is 0 Å². The molecule has 2 rings (SSSR count). The molecule has 0 aromatic heterocycles. The van der Waals surface area contributed by atoms with Gasteiger partial charge in [0.15, 0.2) is 12.7 Å². The molecule has 1 N–H and O–H groups in total. The number of hydrogen-bond donors (Lipinski definition) is 1. The molecule has 0 saturated carbocycles. The van der Waals surface area contributed by atoms with Crippen LogP contribution in [0.15, 0.2) is 48.5 Å². The number of hydrogen-bond acceptors (Lipinski definition) is 5. The van der Waals surface area contributed by atoms with Crippen molar-refractivity contribution in [3.63, 3.8) is 0 Å². The van der Waals surface area contributed by atoms with Crippen molar-refractivity contribution in [2.75, 3.05) is 11.9 Å². The Morgan fingerprint density at radius 2 is 1.88 bits per heavy atom. The van der Waals surface area contributed by atoms with Crippen LogP contribution in [0.3, 0.4) is 0 Å². The highest BCUT2D eigenvalue weighted by Crippen LogP contribution is 2.20. The van der Waals surface area contributed by atoms with Crippen LogP contribution in [0.25, 0.3) is 0 Å². The zero-order chi connectivity index (χ0) is 18.2. The smallest absolute Gasteiger partial charge is 0.347 e. The predicted molar refractivity (Wildman–Crippen MR) is 92.3 cm³/mol. The van der Waals surface area contributed by atoms with Crippen LogP contribution < -0.4 is 10.1 Å². The highest BCUT2D eigenvalue weighted by Gasteiger charge is 2.18. The molecular formula is C18H15ClN2O4. The van der Waals surface area contributed by atoms with E-state index in [2.05, 4.69) is 5.32 Å². The van der Waals surface area contributed by atoms with E-state index in [1.165, 1.54) is 6.92 Å². The molecule has 0 saturated heterocycles. The number of rotatable bonds is 6. The first-order valence-corrected chi connectivity index (χ1v) is 7.75. The van der Waals surface area contributed by atoms with Crippen molar-refractivity contribution in [2.45, 2.75) is 13.0 Å². The van der Waals surface area contributed by atoms with E-state index in [9.17, 15) is 9.59 Å². The molecule has 0 aliphatic carbocycles. The Labute approximate surface area is 149 Å². The van der Waals surface area contributed by atoms with Gasteiger partial charge in [-0.2, -0.15) is 5.26 Å². The maximum absolute atomic E-state index is 11.9. The molecule has 2 aromatic rings. The van der Waals surface area contributed by atoms with Crippen molar-refractivity contribution in [1.29, 1.82) is 5.26 Å². The summed E-state index contributed by atoms with van der Waals surface area (Å²) in [4.78, 5) is 23.7. The summed E-state index contributed by atoms with van der Waals surface area (Å²) in [5.41, 5.74) is 0.922. The van der Waals surface area contributed by atoms with Gasteiger partial charge in [-0.3, -0.25) is 4.79 Å². The number of halogens is 1. The van der Waals surface area contributed by atoms with Crippen molar-refractivity contribution in [3.8, 4) is 11.8 Å². The van der Waals surface area contributed by atoms with Gasteiger partial charge in [-0.05, 0) is 43.3 Å². The molecule has 0 heterocycles. The number of nitrogens with one attached hydrogen (secondary N) is 1. The van der Waals surface area contributed by atoms with Gasteiger partial charge < -0.3 is 14.8 Å². The largest absolute Gasteiger partial charge is 0.479 e. The number of benzene rings is 2. The van der Waals surface area contributed by atoms with Gasteiger partial charge in [0.1, 0.15) is 5.75 Å². The normalized spacial score (nSPS) is 11.1. The van der Waals surface area contributed by atoms with Crippen LogP contribution in [-0.4, -0.2) is 24.6 Å². The Morgan fingerprint density at radius 1 is 1.20 bits per heavy atom. The highest BCUT2D eigenvalue weighted by molar-refractivity contribution is 6.33. The lowest BCUT2D eigenvalue weighted by Crippen LogP contribution is -2.29. The number of amides is 1. The highest BCUT2D eigenvalue weighted by atomic mass is 35.5. The second-order valence-electron chi connectivity index (χ2n) is 5.03. The zero-order valence-corrected chi connectivity index (χ0v) is 14.1. The minimum absolute atomic E-state index is 0.389. The van der Waals surface area contributed by atoms with E-state index in [-0.39, 0.29) is 0 Å². The SMILES string of the molecule is C[C@@H](Oc1ccc(C#N)cc1)C(=O)OCC(=O)Nc1ccccc1Cl. The minimum atomic E-state index is -0.902. The van der Waals surface area contributed by atoms with Crippen molar-refractivity contribution in [2.24, 2.45) is 0 Å². The first kappa shape index (κ1) is 18.3. The molecule has 0 spiro atoms. The number of nitrogens with zero attached hydrogens (tertiary/aromatic N) is 1. The summed E-state index contributed by atoms with van der Waals surface area (Å²) in [6, 6.07) is 15.0. The van der Waals surface area contributed by atoms with Crippen LogP contribution >= 0.6 is 11.6 Å². The molecule has 0 aliphatic heterocycles. The van der Waals surface area contributed by atoms with Gasteiger partial charge in [0, 0.05) is 0 Å². The van der Waals surface area contributed by atoms with E-state index in [1.807, 2.05) is 6.07 Å². The van der Waals surface area contributed by atoms with Gasteiger partial charge in [-0.25, -0.2) is 4.79 Å². The summed E-state index contributed by atoms with van der Waals surface area (Å²) in [6.07, 6.45) is -0.902. The molecule has 1 amide bonds. The van der Waals surface area contributed by atoms with Crippen molar-refractivity contribution < 1.29 is 19.1 Å². The summed E-state index contributed by atoms with van der Waals surface area (Å²) in [5.74, 6) is -0.769. The first-order chi connectivity index (χ1) is 12.0. The van der Waals surface area contributed by atoms with E-state index in [4.69, 9.17) is 26.3 Å². The fourth-order valence-corrected chi connectivity index (χ4v) is 2.05. The molecule has 0 bridgehead atoms. The van der Waals surface area contributed by atoms with E-state index in [0.29, 0.717) is 22.0 Å². The molecule has 2 aromatic carbocycles. The second kappa shape index (κ2) is 8.71. The summed E-state index contributed by atoms with van der Waals surface area (Å²) in [7, 11) is 0. The predicted octanol–water partition coefficient (Wildman–Crippen LogP) is 3.16. The van der Waals surface area contributed by atoms with Crippen molar-refractivity contribution in [1.82, 2.24) is 0 Å². The summed E-state index contributed by atoms with van der Waals surface area (Å²) in [6.45, 7) is 1.05. The number of carbonyl (C=O) groups excluding carboxylic acids is 2. The lowest BCUT2D eigenvalue weighted by atomic mass is 10.2. The van der Waals surface area contributed by atoms with Gasteiger partial charge in [0.2, 0.25) is 0 Å². The molecule has 0 aliphatic rings. The topological polar surface area (TPSA) is 88.4 Å². The Balaban J connectivity index is 1.81. The van der Waals surface area contributed by atoms with Crippen LogP contribution in [0.2, 0.25) is 5.02 Å². The Hall–Kier alpha value is -3.04. The van der Waals surface area contributed by atoms with Crippen LogP contribution in [0.1, 0.15) is 12.5 Å². The maximum Gasteiger partial charge on any atom is 0.347 e. The molecule has 0 fully saturated rings. The third-order valence-corrected chi connectivity index (χ3v) is 3.45. The maximum atomic E-state index is 11.9. The van der Waals surface area contributed by atoms with Gasteiger partial charge in [-0.1, -0.05) is 23.7 Å². The van der Waals surface area contributed by atoms with E-state index in [0.717, 1.165) is 0 Å². The monoisotopic (exact) mass is 358 g/mol. The Kier molecular flexibility index (Phi) is 6.38. The Morgan fingerprint density at radius 3 is 2.52 bits per heavy atom. The average molecular weight is 359 g/mol. The van der Waals surface area contributed by atoms with E-state index >= 15 is 0 Å². The zero-order valence-electron chi connectivity index (χ0n) is 13.4. The van der Waals surface area contributed by atoms with Gasteiger partial charge in [0.25, 0.3) is 5.91 Å². The second-order valence-corrected chi connectivity index (χ2v) is 5.44. The fraction of sp³-hybridized carbons (Fsp3) is 0.167. The van der Waals surface area contributed by atoms with E-state index < -0.39 is 24.6 Å². The van der Waals surface area contributed by atoms with Crippen LogP contribution in [0, 0.1) is 11.3 Å². The third kappa shape index (κ3) is 5.52. The van der Waals surface area contributed by atoms with Crippen LogP contribution in [0.5, 0.6) is 5.75 Å². The van der Waals surface area contributed by atoms with E-state index in [1.54, 1.807) is 48.5 Å². The molecule has 0 radical (unpaired) electrons. The lowest BCUT2D eigenvalue weighted by Gasteiger charge is -2.14. The lowest BCUT2D eigenvalue weighted by molar-refractivity contribution is -0.153. The number of para-hydroxylation sites is 1. The van der Waals surface area contributed by atoms with Gasteiger partial charge in [0.05, 0.1) is 22.3 Å². The molecule has 0 unspecified atom stereocenters. The molecule has 128 valence electrons. The Bertz CT molecular complexity index is 799. The molecule has 7 heteroatoms. The number of nitriles is 1. The number of ether oxygens (including phenoxy) is 2. The van der Waals surface area contributed by atoms with Crippen molar-refractivity contribution in [3.05, 3.63) is 59.1 Å². The van der Waals surface area contributed by atoms with Crippen LogP contribution in [0.4, 0.5) is 5.69 Å². The summed E-state index contributed by atoms with van der Waals surface area (Å²) < 4.78 is 10.3. The third-order valence-electron chi connectivity index (χ3n) is 3.12. The molecule has 6 nitrogen and oxygen atoms in total. The number of anilines is 1. The van der Waals surface area contributed by atoms with Gasteiger partial charge >= 0.3 is 5.97 Å². The average Bonchev–Trinajstić information content (AvgIpc) is 2.62.